The van der Waals surface area contributed by atoms with Crippen LogP contribution in [0, 0.1) is 0 Å². The van der Waals surface area contributed by atoms with Crippen LogP contribution in [0.4, 0.5) is 0 Å². The molecule has 80 valence electrons. The van der Waals surface area contributed by atoms with Crippen LogP contribution in [-0.2, 0) is 0 Å². The van der Waals surface area contributed by atoms with Gasteiger partial charge in [0.1, 0.15) is 0 Å². The van der Waals surface area contributed by atoms with E-state index in [0.717, 1.165) is 5.56 Å². The number of hydrazone groups is 1. The zero-order valence-electron chi connectivity index (χ0n) is 9.02. The average Bonchev–Trinajstić information content (AvgIpc) is 2.32. The monoisotopic (exact) mass is 202 g/mol. The van der Waals surface area contributed by atoms with Crippen molar-refractivity contribution >= 4 is 6.21 Å². The fourth-order valence-electron chi connectivity index (χ4n) is 1.99. The Labute approximate surface area is 91.4 Å². The molecule has 1 aromatic rings. The molecular formula is C13H18N2. The summed E-state index contributed by atoms with van der Waals surface area (Å²) >= 11 is 0. The molecule has 0 saturated heterocycles. The van der Waals surface area contributed by atoms with Crippen LogP contribution in [0.15, 0.2) is 35.4 Å². The molecular weight excluding hydrogens is 184 g/mol. The van der Waals surface area contributed by atoms with Crippen LogP contribution in [0.2, 0.25) is 0 Å². The Kier molecular flexibility index (Phi) is 3.77. The minimum atomic E-state index is 0.596. The summed E-state index contributed by atoms with van der Waals surface area (Å²) in [7, 11) is 0. The fourth-order valence-corrected chi connectivity index (χ4v) is 1.99. The van der Waals surface area contributed by atoms with Gasteiger partial charge in [0.2, 0.25) is 0 Å². The zero-order valence-corrected chi connectivity index (χ0v) is 9.02. The van der Waals surface area contributed by atoms with E-state index in [0.29, 0.717) is 6.04 Å². The number of hydrogen-bond acceptors (Lipinski definition) is 2. The van der Waals surface area contributed by atoms with E-state index in [-0.39, 0.29) is 0 Å². The Morgan fingerprint density at radius 1 is 1.07 bits per heavy atom. The predicted octanol–water partition coefficient (Wildman–Crippen LogP) is 2.94. The Morgan fingerprint density at radius 3 is 2.53 bits per heavy atom. The largest absolute Gasteiger partial charge is 0.307 e. The summed E-state index contributed by atoms with van der Waals surface area (Å²) < 4.78 is 0. The molecule has 0 atom stereocenters. The number of hydrogen-bond donors (Lipinski definition) is 1. The van der Waals surface area contributed by atoms with Crippen LogP contribution in [-0.4, -0.2) is 12.3 Å². The van der Waals surface area contributed by atoms with Crippen molar-refractivity contribution in [3.8, 4) is 0 Å². The van der Waals surface area contributed by atoms with Crippen molar-refractivity contribution in [3.63, 3.8) is 0 Å². The Bertz CT molecular complexity index is 300. The molecule has 0 aromatic heterocycles. The molecule has 0 unspecified atom stereocenters. The van der Waals surface area contributed by atoms with Gasteiger partial charge in [0.25, 0.3) is 0 Å². The lowest BCUT2D eigenvalue weighted by molar-refractivity contribution is 0.381. The lowest BCUT2D eigenvalue weighted by atomic mass is 9.96. The summed E-state index contributed by atoms with van der Waals surface area (Å²) in [6.07, 6.45) is 8.52. The van der Waals surface area contributed by atoms with Crippen molar-refractivity contribution < 1.29 is 0 Å². The summed E-state index contributed by atoms with van der Waals surface area (Å²) in [6, 6.07) is 10.8. The molecule has 15 heavy (non-hydrogen) atoms. The van der Waals surface area contributed by atoms with Crippen LogP contribution in [0.3, 0.4) is 0 Å². The molecule has 2 heteroatoms. The van der Waals surface area contributed by atoms with Gasteiger partial charge in [0.05, 0.1) is 6.21 Å². The minimum absolute atomic E-state index is 0.596. The first-order valence-electron chi connectivity index (χ1n) is 5.79. The number of benzene rings is 1. The highest BCUT2D eigenvalue weighted by atomic mass is 15.3. The molecule has 1 aromatic carbocycles. The molecule has 1 fully saturated rings. The van der Waals surface area contributed by atoms with Crippen LogP contribution in [0.5, 0.6) is 0 Å². The topological polar surface area (TPSA) is 24.4 Å². The molecule has 1 N–H and O–H groups in total. The summed E-state index contributed by atoms with van der Waals surface area (Å²) in [4.78, 5) is 0. The lowest BCUT2D eigenvalue weighted by Crippen LogP contribution is -2.26. The normalized spacial score (nSPS) is 18.1. The van der Waals surface area contributed by atoms with Crippen molar-refractivity contribution in [1.29, 1.82) is 0 Å². The van der Waals surface area contributed by atoms with Gasteiger partial charge in [-0.3, -0.25) is 0 Å². The minimum Gasteiger partial charge on any atom is -0.307 e. The molecule has 0 spiro atoms. The molecule has 0 amide bonds. The summed E-state index contributed by atoms with van der Waals surface area (Å²) in [6.45, 7) is 0. The van der Waals surface area contributed by atoms with E-state index in [1.54, 1.807) is 0 Å². The van der Waals surface area contributed by atoms with E-state index in [9.17, 15) is 0 Å². The van der Waals surface area contributed by atoms with Crippen LogP contribution in [0.1, 0.15) is 37.7 Å². The quantitative estimate of drug-likeness (QED) is 0.591. The van der Waals surface area contributed by atoms with Gasteiger partial charge in [-0.05, 0) is 18.4 Å². The second-order valence-electron chi connectivity index (χ2n) is 4.13. The second kappa shape index (κ2) is 5.54. The van der Waals surface area contributed by atoms with E-state index in [4.69, 9.17) is 0 Å². The smallest absolute Gasteiger partial charge is 0.0540 e. The second-order valence-corrected chi connectivity index (χ2v) is 4.13. The maximum atomic E-state index is 4.29. The van der Waals surface area contributed by atoms with Gasteiger partial charge in [-0.2, -0.15) is 5.10 Å². The van der Waals surface area contributed by atoms with Crippen LogP contribution < -0.4 is 5.43 Å². The molecule has 1 aliphatic rings. The van der Waals surface area contributed by atoms with Crippen LogP contribution >= 0.6 is 0 Å². The first kappa shape index (κ1) is 10.2. The number of nitrogens with one attached hydrogen (secondary N) is 1. The highest BCUT2D eigenvalue weighted by Gasteiger charge is 2.11. The lowest BCUT2D eigenvalue weighted by Gasteiger charge is -2.20. The first-order valence-corrected chi connectivity index (χ1v) is 5.79. The van der Waals surface area contributed by atoms with Crippen molar-refractivity contribution in [2.24, 2.45) is 5.10 Å². The molecule has 0 heterocycles. The third-order valence-electron chi connectivity index (χ3n) is 2.88. The van der Waals surface area contributed by atoms with Gasteiger partial charge in [-0.15, -0.1) is 0 Å². The van der Waals surface area contributed by atoms with Crippen molar-refractivity contribution in [3.05, 3.63) is 35.9 Å². The highest BCUT2D eigenvalue weighted by Crippen LogP contribution is 2.17. The Balaban J connectivity index is 1.79. The van der Waals surface area contributed by atoms with Gasteiger partial charge >= 0.3 is 0 Å². The molecule has 0 bridgehead atoms. The van der Waals surface area contributed by atoms with Gasteiger partial charge in [-0.25, -0.2) is 0 Å². The highest BCUT2D eigenvalue weighted by molar-refractivity contribution is 5.79. The van der Waals surface area contributed by atoms with E-state index in [2.05, 4.69) is 22.7 Å². The molecule has 1 saturated carbocycles. The third-order valence-corrected chi connectivity index (χ3v) is 2.88. The average molecular weight is 202 g/mol. The van der Waals surface area contributed by atoms with Gasteiger partial charge in [-0.1, -0.05) is 49.6 Å². The van der Waals surface area contributed by atoms with E-state index >= 15 is 0 Å². The van der Waals surface area contributed by atoms with Crippen molar-refractivity contribution in [2.75, 3.05) is 0 Å². The van der Waals surface area contributed by atoms with E-state index in [1.165, 1.54) is 32.1 Å². The zero-order chi connectivity index (χ0) is 10.3. The standard InChI is InChI=1S/C13H18N2/c1-3-7-12(8-4-1)11-14-15-13-9-5-2-6-10-13/h1,3-4,7-8,11,13,15H,2,5-6,9-10H2. The maximum absolute atomic E-state index is 4.29. The molecule has 2 nitrogen and oxygen atoms in total. The third kappa shape index (κ3) is 3.39. The summed E-state index contributed by atoms with van der Waals surface area (Å²) in [5.41, 5.74) is 4.39. The van der Waals surface area contributed by atoms with Crippen molar-refractivity contribution in [2.45, 2.75) is 38.1 Å². The molecule has 1 aliphatic carbocycles. The molecule has 0 aliphatic heterocycles. The predicted molar refractivity (Wildman–Crippen MR) is 64.0 cm³/mol. The first-order chi connectivity index (χ1) is 7.45. The number of nitrogens with zero attached hydrogens (tertiary/aromatic N) is 1. The molecule has 2 rings (SSSR count). The SMILES string of the molecule is C(=NNC1CCCCC1)c1ccccc1. The van der Waals surface area contributed by atoms with Gasteiger partial charge in [0.15, 0.2) is 0 Å². The van der Waals surface area contributed by atoms with Crippen LogP contribution in [0.25, 0.3) is 0 Å². The van der Waals surface area contributed by atoms with Gasteiger partial charge in [0, 0.05) is 6.04 Å². The number of rotatable bonds is 3. The van der Waals surface area contributed by atoms with Gasteiger partial charge < -0.3 is 5.43 Å². The molecule has 0 radical (unpaired) electrons. The van der Waals surface area contributed by atoms with E-state index in [1.807, 2.05) is 24.4 Å². The summed E-state index contributed by atoms with van der Waals surface area (Å²) in [5, 5.41) is 4.29. The van der Waals surface area contributed by atoms with E-state index < -0.39 is 0 Å². The summed E-state index contributed by atoms with van der Waals surface area (Å²) in [5.74, 6) is 0. The Hall–Kier alpha value is -1.31. The Morgan fingerprint density at radius 2 is 1.80 bits per heavy atom. The van der Waals surface area contributed by atoms with Crippen molar-refractivity contribution in [1.82, 2.24) is 5.43 Å². The fraction of sp³-hybridized carbons (Fsp3) is 0.462. The maximum Gasteiger partial charge on any atom is 0.0540 e.